The zero-order valence-corrected chi connectivity index (χ0v) is 9.12. The SMILES string of the molecule is NS(=O)(=O)Nc1ccc(Cl)cc1C(F)(F)F. The molecule has 0 spiro atoms. The normalized spacial score (nSPS) is 12.6. The van der Waals surface area contributed by atoms with Gasteiger partial charge >= 0.3 is 6.18 Å². The Labute approximate surface area is 94.4 Å². The van der Waals surface area contributed by atoms with E-state index in [1.807, 2.05) is 0 Å². The van der Waals surface area contributed by atoms with E-state index in [4.69, 9.17) is 11.6 Å². The van der Waals surface area contributed by atoms with Crippen LogP contribution in [0.3, 0.4) is 0 Å². The number of rotatable bonds is 2. The lowest BCUT2D eigenvalue weighted by Gasteiger charge is -2.13. The molecule has 1 rings (SSSR count). The first-order chi connectivity index (χ1) is 7.09. The van der Waals surface area contributed by atoms with Gasteiger partial charge in [-0.2, -0.15) is 21.6 Å². The highest BCUT2D eigenvalue weighted by Crippen LogP contribution is 2.36. The van der Waals surface area contributed by atoms with E-state index in [2.05, 4.69) is 5.14 Å². The molecule has 90 valence electrons. The Bertz CT molecular complexity index is 501. The van der Waals surface area contributed by atoms with Crippen molar-refractivity contribution in [3.8, 4) is 0 Å². The van der Waals surface area contributed by atoms with Crippen molar-refractivity contribution in [1.82, 2.24) is 0 Å². The van der Waals surface area contributed by atoms with Gasteiger partial charge in [0.1, 0.15) is 0 Å². The Hall–Kier alpha value is -0.990. The van der Waals surface area contributed by atoms with E-state index in [1.165, 1.54) is 0 Å². The fraction of sp³-hybridized carbons (Fsp3) is 0.143. The molecule has 1 aromatic carbocycles. The van der Waals surface area contributed by atoms with Gasteiger partial charge in [-0.3, -0.25) is 4.72 Å². The van der Waals surface area contributed by atoms with Crippen molar-refractivity contribution in [1.29, 1.82) is 0 Å². The molecule has 0 aliphatic heterocycles. The summed E-state index contributed by atoms with van der Waals surface area (Å²) >= 11 is 5.39. The van der Waals surface area contributed by atoms with Gasteiger partial charge in [-0.1, -0.05) is 11.6 Å². The Morgan fingerprint density at radius 1 is 1.31 bits per heavy atom. The van der Waals surface area contributed by atoms with E-state index in [0.717, 1.165) is 12.1 Å². The molecular formula is C7H6ClF3N2O2S. The Kier molecular flexibility index (Phi) is 3.36. The number of hydrogen-bond donors (Lipinski definition) is 2. The summed E-state index contributed by atoms with van der Waals surface area (Å²) in [6.07, 6.45) is -4.72. The van der Waals surface area contributed by atoms with Crippen LogP contribution in [0.5, 0.6) is 0 Å². The summed E-state index contributed by atoms with van der Waals surface area (Å²) in [5, 5.41) is 4.42. The predicted octanol–water partition coefficient (Wildman–Crippen LogP) is 1.97. The van der Waals surface area contributed by atoms with Crippen LogP contribution < -0.4 is 9.86 Å². The summed E-state index contributed by atoms with van der Waals surface area (Å²) in [5.74, 6) is 0. The van der Waals surface area contributed by atoms with Gasteiger partial charge < -0.3 is 0 Å². The zero-order chi connectivity index (χ0) is 12.6. The third kappa shape index (κ3) is 3.54. The maximum Gasteiger partial charge on any atom is 0.418 e. The summed E-state index contributed by atoms with van der Waals surface area (Å²) in [5.41, 5.74) is -1.87. The van der Waals surface area contributed by atoms with E-state index in [-0.39, 0.29) is 5.02 Å². The van der Waals surface area contributed by atoms with Gasteiger partial charge in [0.2, 0.25) is 0 Å². The maximum atomic E-state index is 12.5. The first-order valence-electron chi connectivity index (χ1n) is 3.77. The van der Waals surface area contributed by atoms with E-state index in [9.17, 15) is 21.6 Å². The van der Waals surface area contributed by atoms with Gasteiger partial charge in [0, 0.05) is 5.02 Å². The largest absolute Gasteiger partial charge is 0.418 e. The second-order valence-corrected chi connectivity index (χ2v) is 4.57. The molecule has 0 amide bonds. The lowest BCUT2D eigenvalue weighted by atomic mass is 10.2. The molecule has 0 heterocycles. The average Bonchev–Trinajstić information content (AvgIpc) is 2.04. The maximum absolute atomic E-state index is 12.5. The smallest absolute Gasteiger partial charge is 0.271 e. The fourth-order valence-corrected chi connectivity index (χ4v) is 1.65. The van der Waals surface area contributed by atoms with Crippen molar-refractivity contribution in [3.63, 3.8) is 0 Å². The highest BCUT2D eigenvalue weighted by atomic mass is 35.5. The molecule has 0 bridgehead atoms. The van der Waals surface area contributed by atoms with E-state index < -0.39 is 27.6 Å². The van der Waals surface area contributed by atoms with Crippen molar-refractivity contribution >= 4 is 27.5 Å². The van der Waals surface area contributed by atoms with Crippen molar-refractivity contribution in [3.05, 3.63) is 28.8 Å². The monoisotopic (exact) mass is 274 g/mol. The Balaban J connectivity index is 3.29. The van der Waals surface area contributed by atoms with Crippen LogP contribution in [0.4, 0.5) is 18.9 Å². The first kappa shape index (κ1) is 13.1. The van der Waals surface area contributed by atoms with Crippen LogP contribution in [0.2, 0.25) is 5.02 Å². The van der Waals surface area contributed by atoms with Gasteiger partial charge in [0.15, 0.2) is 0 Å². The summed E-state index contributed by atoms with van der Waals surface area (Å²) in [7, 11) is -4.27. The van der Waals surface area contributed by atoms with Crippen LogP contribution in [-0.2, 0) is 16.4 Å². The lowest BCUT2D eigenvalue weighted by molar-refractivity contribution is -0.136. The number of halogens is 4. The molecule has 0 unspecified atom stereocenters. The minimum atomic E-state index is -4.72. The van der Waals surface area contributed by atoms with E-state index in [1.54, 1.807) is 4.72 Å². The van der Waals surface area contributed by atoms with Crippen molar-refractivity contribution < 1.29 is 21.6 Å². The molecule has 1 aromatic rings. The van der Waals surface area contributed by atoms with Crippen LogP contribution in [0.25, 0.3) is 0 Å². The quantitative estimate of drug-likeness (QED) is 0.865. The van der Waals surface area contributed by atoms with Crippen LogP contribution >= 0.6 is 11.6 Å². The zero-order valence-electron chi connectivity index (χ0n) is 7.55. The molecule has 0 atom stereocenters. The highest BCUT2D eigenvalue weighted by Gasteiger charge is 2.34. The van der Waals surface area contributed by atoms with Crippen LogP contribution in [0.1, 0.15) is 5.56 Å². The second kappa shape index (κ2) is 4.11. The third-order valence-corrected chi connectivity index (χ3v) is 2.28. The summed E-state index contributed by atoms with van der Waals surface area (Å²) in [6, 6.07) is 2.61. The van der Waals surface area contributed by atoms with Crippen molar-refractivity contribution in [2.24, 2.45) is 5.14 Å². The summed E-state index contributed by atoms with van der Waals surface area (Å²) in [6.45, 7) is 0. The minimum Gasteiger partial charge on any atom is -0.271 e. The number of hydrogen-bond acceptors (Lipinski definition) is 2. The van der Waals surface area contributed by atoms with Crippen LogP contribution in [0, 0.1) is 0 Å². The van der Waals surface area contributed by atoms with Crippen LogP contribution in [-0.4, -0.2) is 8.42 Å². The number of anilines is 1. The standard InChI is InChI=1S/C7H6ClF3N2O2S/c8-4-1-2-6(13-16(12,14)15)5(3-4)7(9,10)11/h1-3,13H,(H2,12,14,15). The van der Waals surface area contributed by atoms with Gasteiger partial charge in [0.25, 0.3) is 10.2 Å². The predicted molar refractivity (Wildman–Crippen MR) is 53.2 cm³/mol. The van der Waals surface area contributed by atoms with Crippen molar-refractivity contribution in [2.75, 3.05) is 4.72 Å². The molecule has 0 saturated heterocycles. The molecule has 0 aromatic heterocycles. The average molecular weight is 275 g/mol. The van der Waals surface area contributed by atoms with E-state index >= 15 is 0 Å². The molecule has 9 heteroatoms. The van der Waals surface area contributed by atoms with Gasteiger partial charge in [-0.05, 0) is 18.2 Å². The first-order valence-corrected chi connectivity index (χ1v) is 5.69. The van der Waals surface area contributed by atoms with E-state index in [0.29, 0.717) is 6.07 Å². The van der Waals surface area contributed by atoms with Crippen LogP contribution in [0.15, 0.2) is 18.2 Å². The fourth-order valence-electron chi connectivity index (χ4n) is 0.993. The molecule has 0 radical (unpaired) electrons. The molecular weight excluding hydrogens is 269 g/mol. The van der Waals surface area contributed by atoms with Gasteiger partial charge in [-0.25, -0.2) is 5.14 Å². The molecule has 0 saturated carbocycles. The number of nitrogens with one attached hydrogen (secondary N) is 1. The third-order valence-electron chi connectivity index (χ3n) is 1.54. The van der Waals surface area contributed by atoms with Gasteiger partial charge in [-0.15, -0.1) is 0 Å². The Morgan fingerprint density at radius 2 is 1.88 bits per heavy atom. The molecule has 3 N–H and O–H groups in total. The molecule has 0 fully saturated rings. The van der Waals surface area contributed by atoms with Crippen molar-refractivity contribution in [2.45, 2.75) is 6.18 Å². The topological polar surface area (TPSA) is 72.2 Å². The minimum absolute atomic E-state index is 0.160. The number of nitrogens with two attached hydrogens (primary N) is 1. The highest BCUT2D eigenvalue weighted by molar-refractivity contribution is 7.90. The number of alkyl halides is 3. The lowest BCUT2D eigenvalue weighted by Crippen LogP contribution is -2.23. The molecule has 16 heavy (non-hydrogen) atoms. The van der Waals surface area contributed by atoms with Gasteiger partial charge in [0.05, 0.1) is 11.3 Å². The molecule has 4 nitrogen and oxygen atoms in total. The molecule has 0 aliphatic carbocycles. The summed E-state index contributed by atoms with van der Waals surface area (Å²) in [4.78, 5) is 0. The summed E-state index contributed by atoms with van der Waals surface area (Å²) < 4.78 is 60.2. The Morgan fingerprint density at radius 3 is 2.31 bits per heavy atom. The molecule has 0 aliphatic rings. The second-order valence-electron chi connectivity index (χ2n) is 2.83. The number of benzene rings is 1.